The summed E-state index contributed by atoms with van der Waals surface area (Å²) < 4.78 is 4.94. The van der Waals surface area contributed by atoms with E-state index >= 15 is 0 Å². The van der Waals surface area contributed by atoms with E-state index in [1.54, 1.807) is 37.3 Å². The summed E-state index contributed by atoms with van der Waals surface area (Å²) in [6.45, 7) is 6.14. The maximum Gasteiger partial charge on any atom is 0.338 e. The number of aromatic nitrogens is 2. The number of rotatable bonds is 6. The number of hydrogen-bond acceptors (Lipinski definition) is 6. The highest BCUT2D eigenvalue weighted by Gasteiger charge is 2.11. The lowest BCUT2D eigenvalue weighted by atomic mass is 10.1. The summed E-state index contributed by atoms with van der Waals surface area (Å²) in [5, 5.41) is 5.94. The maximum absolute atomic E-state index is 12.5. The third-order valence-corrected chi connectivity index (χ3v) is 4.33. The van der Waals surface area contributed by atoms with Crippen molar-refractivity contribution in [2.24, 2.45) is 0 Å². The molecular formula is C22H22N4O3. The zero-order valence-electron chi connectivity index (χ0n) is 16.5. The molecule has 0 saturated heterocycles. The van der Waals surface area contributed by atoms with Crippen molar-refractivity contribution in [2.75, 3.05) is 17.2 Å². The van der Waals surface area contributed by atoms with Gasteiger partial charge in [-0.05, 0) is 68.3 Å². The van der Waals surface area contributed by atoms with Gasteiger partial charge in [-0.1, -0.05) is 6.07 Å². The van der Waals surface area contributed by atoms with Crippen LogP contribution in [0.3, 0.4) is 0 Å². The Balaban J connectivity index is 1.69. The average Bonchev–Trinajstić information content (AvgIpc) is 2.72. The Morgan fingerprint density at radius 1 is 0.931 bits per heavy atom. The molecule has 0 unspecified atom stereocenters. The molecule has 7 nitrogen and oxygen atoms in total. The zero-order valence-corrected chi connectivity index (χ0v) is 16.5. The largest absolute Gasteiger partial charge is 0.462 e. The van der Waals surface area contributed by atoms with Crippen molar-refractivity contribution < 1.29 is 14.3 Å². The van der Waals surface area contributed by atoms with Crippen LogP contribution in [0.2, 0.25) is 0 Å². The van der Waals surface area contributed by atoms with Crippen LogP contribution in [0, 0.1) is 13.8 Å². The Kier molecular flexibility index (Phi) is 6.19. The fourth-order valence-electron chi connectivity index (χ4n) is 2.62. The van der Waals surface area contributed by atoms with E-state index in [1.807, 2.05) is 32.0 Å². The Hall–Kier alpha value is -3.74. The van der Waals surface area contributed by atoms with Gasteiger partial charge < -0.3 is 15.4 Å². The number of hydrogen-bond donors (Lipinski definition) is 2. The Labute approximate surface area is 169 Å². The molecule has 0 radical (unpaired) electrons. The van der Waals surface area contributed by atoms with E-state index in [0.29, 0.717) is 23.7 Å². The van der Waals surface area contributed by atoms with E-state index in [0.717, 1.165) is 11.3 Å². The van der Waals surface area contributed by atoms with Crippen molar-refractivity contribution >= 4 is 29.1 Å². The number of aryl methyl sites for hydroxylation is 2. The number of benzene rings is 2. The van der Waals surface area contributed by atoms with Crippen LogP contribution in [0.15, 0.2) is 54.9 Å². The molecule has 3 aromatic rings. The minimum absolute atomic E-state index is 0.223. The Morgan fingerprint density at radius 2 is 1.66 bits per heavy atom. The smallest absolute Gasteiger partial charge is 0.338 e. The molecule has 0 fully saturated rings. The second-order valence-corrected chi connectivity index (χ2v) is 6.46. The molecule has 0 spiro atoms. The van der Waals surface area contributed by atoms with Crippen LogP contribution in [0.4, 0.5) is 17.2 Å². The first-order valence-corrected chi connectivity index (χ1v) is 9.21. The quantitative estimate of drug-likeness (QED) is 0.611. The predicted molar refractivity (Wildman–Crippen MR) is 112 cm³/mol. The van der Waals surface area contributed by atoms with E-state index in [9.17, 15) is 9.59 Å². The van der Waals surface area contributed by atoms with Crippen molar-refractivity contribution in [1.29, 1.82) is 0 Å². The monoisotopic (exact) mass is 390 g/mol. The minimum Gasteiger partial charge on any atom is -0.462 e. The van der Waals surface area contributed by atoms with Crippen LogP contribution in [0.5, 0.6) is 0 Å². The van der Waals surface area contributed by atoms with Gasteiger partial charge in [0.2, 0.25) is 0 Å². The number of amides is 1. The zero-order chi connectivity index (χ0) is 20.8. The first-order valence-electron chi connectivity index (χ1n) is 9.21. The van der Waals surface area contributed by atoms with Gasteiger partial charge >= 0.3 is 5.97 Å². The lowest BCUT2D eigenvalue weighted by molar-refractivity contribution is 0.0526. The van der Waals surface area contributed by atoms with E-state index in [1.165, 1.54) is 11.9 Å². The maximum atomic E-state index is 12.5. The lowest BCUT2D eigenvalue weighted by Crippen LogP contribution is -2.14. The SMILES string of the molecule is CCOC(=O)c1ccc(NC(=O)c2cc(Nc3ccc(C)c(C)c3)ncn2)cc1. The van der Waals surface area contributed by atoms with Gasteiger partial charge in [0, 0.05) is 17.4 Å². The van der Waals surface area contributed by atoms with Gasteiger partial charge in [0.15, 0.2) is 0 Å². The van der Waals surface area contributed by atoms with Crippen molar-refractivity contribution in [3.05, 3.63) is 77.2 Å². The van der Waals surface area contributed by atoms with Gasteiger partial charge in [0.25, 0.3) is 5.91 Å². The number of esters is 1. The number of ether oxygens (including phenoxy) is 1. The molecule has 29 heavy (non-hydrogen) atoms. The van der Waals surface area contributed by atoms with E-state index in [4.69, 9.17) is 4.74 Å². The molecule has 1 amide bonds. The molecule has 0 aliphatic carbocycles. The molecule has 0 atom stereocenters. The van der Waals surface area contributed by atoms with Crippen LogP contribution >= 0.6 is 0 Å². The summed E-state index contributed by atoms with van der Waals surface area (Å²) >= 11 is 0. The van der Waals surface area contributed by atoms with Gasteiger partial charge in [-0.2, -0.15) is 0 Å². The van der Waals surface area contributed by atoms with Crippen molar-refractivity contribution in [3.8, 4) is 0 Å². The highest BCUT2D eigenvalue weighted by atomic mass is 16.5. The lowest BCUT2D eigenvalue weighted by Gasteiger charge is -2.09. The van der Waals surface area contributed by atoms with Gasteiger partial charge in [-0.15, -0.1) is 0 Å². The molecular weight excluding hydrogens is 368 g/mol. The van der Waals surface area contributed by atoms with Gasteiger partial charge in [-0.25, -0.2) is 14.8 Å². The normalized spacial score (nSPS) is 10.3. The second-order valence-electron chi connectivity index (χ2n) is 6.46. The fourth-order valence-corrected chi connectivity index (χ4v) is 2.62. The van der Waals surface area contributed by atoms with Crippen LogP contribution in [0.1, 0.15) is 38.9 Å². The molecule has 0 saturated carbocycles. The standard InChI is InChI=1S/C22H22N4O3/c1-4-29-22(28)16-6-9-17(10-7-16)26-21(27)19-12-20(24-13-23-19)25-18-8-5-14(2)15(3)11-18/h5-13H,4H2,1-3H3,(H,26,27)(H,23,24,25). The molecule has 7 heteroatoms. The van der Waals surface area contributed by atoms with Gasteiger partial charge in [-0.3, -0.25) is 4.79 Å². The van der Waals surface area contributed by atoms with Crippen LogP contribution in [-0.4, -0.2) is 28.5 Å². The molecule has 0 bridgehead atoms. The summed E-state index contributed by atoms with van der Waals surface area (Å²) in [7, 11) is 0. The molecule has 0 aliphatic heterocycles. The molecule has 3 rings (SSSR count). The van der Waals surface area contributed by atoms with Gasteiger partial charge in [0.05, 0.1) is 12.2 Å². The van der Waals surface area contributed by atoms with Gasteiger partial charge in [0.1, 0.15) is 17.8 Å². The van der Waals surface area contributed by atoms with Crippen LogP contribution in [0.25, 0.3) is 0 Å². The number of nitrogens with one attached hydrogen (secondary N) is 2. The Morgan fingerprint density at radius 3 is 2.34 bits per heavy atom. The number of nitrogens with zero attached hydrogens (tertiary/aromatic N) is 2. The number of carbonyl (C=O) groups excluding carboxylic acids is 2. The van der Waals surface area contributed by atoms with Crippen LogP contribution < -0.4 is 10.6 Å². The molecule has 148 valence electrons. The molecule has 2 N–H and O–H groups in total. The summed E-state index contributed by atoms with van der Waals surface area (Å²) in [6.07, 6.45) is 1.34. The third kappa shape index (κ3) is 5.16. The molecule has 0 aliphatic rings. The van der Waals surface area contributed by atoms with E-state index in [-0.39, 0.29) is 11.6 Å². The van der Waals surface area contributed by atoms with Crippen molar-refractivity contribution in [1.82, 2.24) is 9.97 Å². The number of carbonyl (C=O) groups is 2. The van der Waals surface area contributed by atoms with E-state index < -0.39 is 5.97 Å². The molecule has 2 aromatic carbocycles. The highest BCUT2D eigenvalue weighted by Crippen LogP contribution is 2.19. The average molecular weight is 390 g/mol. The summed E-state index contributed by atoms with van der Waals surface area (Å²) in [4.78, 5) is 32.4. The van der Waals surface area contributed by atoms with Crippen LogP contribution in [-0.2, 0) is 4.74 Å². The van der Waals surface area contributed by atoms with Crippen molar-refractivity contribution in [2.45, 2.75) is 20.8 Å². The highest BCUT2D eigenvalue weighted by molar-refractivity contribution is 6.03. The third-order valence-electron chi connectivity index (χ3n) is 4.33. The molecule has 1 heterocycles. The molecule has 1 aromatic heterocycles. The topological polar surface area (TPSA) is 93.2 Å². The van der Waals surface area contributed by atoms with E-state index in [2.05, 4.69) is 20.6 Å². The summed E-state index contributed by atoms with van der Waals surface area (Å²) in [6, 6.07) is 14.0. The van der Waals surface area contributed by atoms with Crippen molar-refractivity contribution in [3.63, 3.8) is 0 Å². The first-order chi connectivity index (χ1) is 14.0. The first kappa shape index (κ1) is 20.0. The summed E-state index contributed by atoms with van der Waals surface area (Å²) in [5.41, 5.74) is 4.44. The second kappa shape index (κ2) is 8.97. The predicted octanol–water partition coefficient (Wildman–Crippen LogP) is 4.27. The fraction of sp³-hybridized carbons (Fsp3) is 0.182. The number of anilines is 3. The minimum atomic E-state index is -0.400. The summed E-state index contributed by atoms with van der Waals surface area (Å²) in [5.74, 6) is -0.256. The Bertz CT molecular complexity index is 1030.